The summed E-state index contributed by atoms with van der Waals surface area (Å²) >= 11 is 0.915. The van der Waals surface area contributed by atoms with Crippen LogP contribution < -0.4 is 5.32 Å². The van der Waals surface area contributed by atoms with Gasteiger partial charge in [0, 0.05) is 11.6 Å². The van der Waals surface area contributed by atoms with E-state index in [0.717, 1.165) is 28.2 Å². The van der Waals surface area contributed by atoms with E-state index in [0.29, 0.717) is 4.91 Å². The zero-order valence-electron chi connectivity index (χ0n) is 9.21. The number of hydrogen-bond donors (Lipinski definition) is 1. The van der Waals surface area contributed by atoms with Crippen molar-refractivity contribution in [3.05, 3.63) is 47.0 Å². The van der Waals surface area contributed by atoms with Crippen LogP contribution in [0.25, 0.3) is 17.0 Å². The minimum Gasteiger partial charge on any atom is -0.282 e. The Balaban J connectivity index is 2.02. The number of hydrogen-bond acceptors (Lipinski definition) is 4. The number of benzene rings is 1. The number of thioether (sulfide) groups is 1. The number of nitrogens with zero attached hydrogens (tertiary/aromatic N) is 1. The Morgan fingerprint density at radius 1 is 1.22 bits per heavy atom. The summed E-state index contributed by atoms with van der Waals surface area (Å²) in [6.45, 7) is 0. The van der Waals surface area contributed by atoms with Crippen LogP contribution in [0.4, 0.5) is 4.79 Å². The van der Waals surface area contributed by atoms with Crippen molar-refractivity contribution in [2.45, 2.75) is 0 Å². The standard InChI is InChI=1S/C13H8N2O2S/c16-12-11(18-13(17)15-12)7-8-3-4-9-2-1-5-14-10(9)6-8/h1-7H,(H,15,16,17)/b11-7+. The highest BCUT2D eigenvalue weighted by Crippen LogP contribution is 2.26. The maximum atomic E-state index is 11.4. The molecule has 0 aliphatic carbocycles. The van der Waals surface area contributed by atoms with E-state index in [4.69, 9.17) is 0 Å². The largest absolute Gasteiger partial charge is 0.290 e. The predicted octanol–water partition coefficient (Wildman–Crippen LogP) is 2.56. The van der Waals surface area contributed by atoms with Crippen LogP contribution in [0.3, 0.4) is 0 Å². The molecule has 1 N–H and O–H groups in total. The molecule has 5 heteroatoms. The van der Waals surface area contributed by atoms with Gasteiger partial charge in [-0.25, -0.2) is 0 Å². The van der Waals surface area contributed by atoms with Crippen molar-refractivity contribution in [3.63, 3.8) is 0 Å². The first kappa shape index (κ1) is 11.0. The molecule has 0 atom stereocenters. The van der Waals surface area contributed by atoms with E-state index < -0.39 is 0 Å². The van der Waals surface area contributed by atoms with Gasteiger partial charge in [-0.05, 0) is 35.5 Å². The second-order valence-electron chi connectivity index (χ2n) is 3.81. The molecule has 0 radical (unpaired) electrons. The summed E-state index contributed by atoms with van der Waals surface area (Å²) in [5.41, 5.74) is 1.72. The summed E-state index contributed by atoms with van der Waals surface area (Å²) in [6.07, 6.45) is 3.42. The van der Waals surface area contributed by atoms with Crippen LogP contribution in [0, 0.1) is 0 Å². The molecule has 2 amide bonds. The van der Waals surface area contributed by atoms with E-state index in [1.165, 1.54) is 0 Å². The number of nitrogens with one attached hydrogen (secondary N) is 1. The van der Waals surface area contributed by atoms with Crippen molar-refractivity contribution in [2.24, 2.45) is 0 Å². The maximum absolute atomic E-state index is 11.4. The molecule has 1 aliphatic heterocycles. The highest BCUT2D eigenvalue weighted by Gasteiger charge is 2.24. The van der Waals surface area contributed by atoms with Crippen molar-refractivity contribution < 1.29 is 9.59 Å². The van der Waals surface area contributed by atoms with Crippen molar-refractivity contribution in [2.75, 3.05) is 0 Å². The molecule has 18 heavy (non-hydrogen) atoms. The summed E-state index contributed by atoms with van der Waals surface area (Å²) in [4.78, 5) is 27.1. The van der Waals surface area contributed by atoms with Gasteiger partial charge >= 0.3 is 0 Å². The van der Waals surface area contributed by atoms with Gasteiger partial charge in [-0.15, -0.1) is 0 Å². The zero-order valence-corrected chi connectivity index (χ0v) is 10.0. The van der Waals surface area contributed by atoms with E-state index >= 15 is 0 Å². The van der Waals surface area contributed by atoms with Crippen LogP contribution in [0.1, 0.15) is 5.56 Å². The van der Waals surface area contributed by atoms with Gasteiger partial charge in [-0.2, -0.15) is 0 Å². The average molecular weight is 256 g/mol. The lowest BCUT2D eigenvalue weighted by atomic mass is 10.1. The van der Waals surface area contributed by atoms with Crippen LogP contribution >= 0.6 is 11.8 Å². The molecule has 88 valence electrons. The van der Waals surface area contributed by atoms with E-state index in [1.807, 2.05) is 30.3 Å². The summed E-state index contributed by atoms with van der Waals surface area (Å²) in [5.74, 6) is -0.342. The second kappa shape index (κ2) is 4.27. The van der Waals surface area contributed by atoms with Crippen molar-refractivity contribution in [1.29, 1.82) is 0 Å². The van der Waals surface area contributed by atoms with Gasteiger partial charge < -0.3 is 0 Å². The molecule has 4 nitrogen and oxygen atoms in total. The van der Waals surface area contributed by atoms with Gasteiger partial charge in [0.15, 0.2) is 0 Å². The summed E-state index contributed by atoms with van der Waals surface area (Å²) < 4.78 is 0. The summed E-state index contributed by atoms with van der Waals surface area (Å²) in [5, 5.41) is 2.94. The Kier molecular flexibility index (Phi) is 2.60. The molecular formula is C13H8N2O2S. The molecule has 1 aliphatic rings. The Bertz CT molecular complexity index is 694. The highest BCUT2D eigenvalue weighted by atomic mass is 32.2. The fourth-order valence-electron chi connectivity index (χ4n) is 1.75. The van der Waals surface area contributed by atoms with E-state index in [2.05, 4.69) is 10.3 Å². The number of imide groups is 1. The van der Waals surface area contributed by atoms with Gasteiger partial charge in [0.1, 0.15) is 0 Å². The number of carbonyl (C=O) groups excluding carboxylic acids is 2. The van der Waals surface area contributed by atoms with E-state index in [-0.39, 0.29) is 11.1 Å². The van der Waals surface area contributed by atoms with Gasteiger partial charge in [0.25, 0.3) is 11.1 Å². The molecule has 0 saturated carbocycles. The third-order valence-electron chi connectivity index (χ3n) is 2.57. The number of rotatable bonds is 1. The zero-order chi connectivity index (χ0) is 12.5. The number of fused-ring (bicyclic) bond motifs is 1. The first-order valence-electron chi connectivity index (χ1n) is 5.32. The predicted molar refractivity (Wildman–Crippen MR) is 70.8 cm³/mol. The lowest BCUT2D eigenvalue weighted by Crippen LogP contribution is -2.17. The van der Waals surface area contributed by atoms with Crippen LogP contribution in [0.5, 0.6) is 0 Å². The Morgan fingerprint density at radius 2 is 2.11 bits per heavy atom. The molecule has 0 spiro atoms. The highest BCUT2D eigenvalue weighted by molar-refractivity contribution is 8.18. The molecule has 1 saturated heterocycles. The number of carbonyl (C=O) groups is 2. The minimum absolute atomic E-state index is 0.329. The number of aromatic nitrogens is 1. The summed E-state index contributed by atoms with van der Waals surface area (Å²) in [7, 11) is 0. The Morgan fingerprint density at radius 3 is 2.89 bits per heavy atom. The van der Waals surface area contributed by atoms with Crippen molar-refractivity contribution in [3.8, 4) is 0 Å². The number of pyridine rings is 1. The Hall–Kier alpha value is -2.14. The first-order valence-corrected chi connectivity index (χ1v) is 6.14. The van der Waals surface area contributed by atoms with Crippen molar-refractivity contribution in [1.82, 2.24) is 10.3 Å². The van der Waals surface area contributed by atoms with E-state index in [1.54, 1.807) is 12.3 Å². The quantitative estimate of drug-likeness (QED) is 0.797. The third kappa shape index (κ3) is 2.00. The molecule has 3 rings (SSSR count). The Labute approximate surface area is 107 Å². The third-order valence-corrected chi connectivity index (χ3v) is 3.38. The number of amides is 2. The second-order valence-corrected chi connectivity index (χ2v) is 4.82. The minimum atomic E-state index is -0.342. The molecule has 2 aromatic rings. The molecule has 2 heterocycles. The van der Waals surface area contributed by atoms with Gasteiger partial charge in [-0.3, -0.25) is 19.9 Å². The molecular weight excluding hydrogens is 248 g/mol. The molecule has 1 aromatic heterocycles. The fourth-order valence-corrected chi connectivity index (χ4v) is 2.43. The van der Waals surface area contributed by atoms with Crippen LogP contribution in [-0.2, 0) is 4.79 Å². The van der Waals surface area contributed by atoms with Gasteiger partial charge in [0.05, 0.1) is 10.4 Å². The lowest BCUT2D eigenvalue weighted by Gasteiger charge is -1.99. The SMILES string of the molecule is O=C1NC(=O)/C(=C\c2ccc3cccnc3c2)S1. The van der Waals surface area contributed by atoms with Crippen LogP contribution in [0.2, 0.25) is 0 Å². The van der Waals surface area contributed by atoms with E-state index in [9.17, 15) is 9.59 Å². The molecule has 1 fully saturated rings. The van der Waals surface area contributed by atoms with Gasteiger partial charge in [-0.1, -0.05) is 18.2 Å². The van der Waals surface area contributed by atoms with Crippen LogP contribution in [-0.4, -0.2) is 16.1 Å². The average Bonchev–Trinajstić information content (AvgIpc) is 2.68. The summed E-state index contributed by atoms with van der Waals surface area (Å²) in [6, 6.07) is 9.57. The normalized spacial score (nSPS) is 17.4. The topological polar surface area (TPSA) is 59.1 Å². The molecule has 0 unspecified atom stereocenters. The lowest BCUT2D eigenvalue weighted by molar-refractivity contribution is -0.115. The smallest absolute Gasteiger partial charge is 0.282 e. The van der Waals surface area contributed by atoms with Gasteiger partial charge in [0.2, 0.25) is 0 Å². The van der Waals surface area contributed by atoms with Crippen LogP contribution in [0.15, 0.2) is 41.4 Å². The maximum Gasteiger partial charge on any atom is 0.290 e. The molecule has 0 bridgehead atoms. The fraction of sp³-hybridized carbons (Fsp3) is 0. The first-order chi connectivity index (χ1) is 8.72. The monoisotopic (exact) mass is 256 g/mol. The molecule has 1 aromatic carbocycles. The van der Waals surface area contributed by atoms with Crippen molar-refractivity contribution >= 4 is 39.9 Å².